The Labute approximate surface area is 201 Å². The van der Waals surface area contributed by atoms with E-state index in [1.807, 2.05) is 43.0 Å². The van der Waals surface area contributed by atoms with Gasteiger partial charge in [0.15, 0.2) is 0 Å². The molecule has 1 N–H and O–H groups in total. The normalized spacial score (nSPS) is 15.3. The van der Waals surface area contributed by atoms with Crippen molar-refractivity contribution < 1.29 is 14.3 Å². The minimum absolute atomic E-state index is 0.0280. The van der Waals surface area contributed by atoms with Gasteiger partial charge in [-0.05, 0) is 61.2 Å². The van der Waals surface area contributed by atoms with Crippen molar-refractivity contribution in [3.8, 4) is 5.75 Å². The zero-order valence-corrected chi connectivity index (χ0v) is 21.1. The van der Waals surface area contributed by atoms with Crippen molar-refractivity contribution >= 4 is 23.3 Å². The summed E-state index contributed by atoms with van der Waals surface area (Å²) < 4.78 is 6.11. The van der Waals surface area contributed by atoms with Gasteiger partial charge in [0.2, 0.25) is 5.91 Å². The Hall–Kier alpha value is -2.54. The molecular formula is C26H37N3O3S. The highest BCUT2D eigenvalue weighted by molar-refractivity contribution is 7.10. The number of amides is 3. The van der Waals surface area contributed by atoms with Gasteiger partial charge in [-0.1, -0.05) is 38.5 Å². The van der Waals surface area contributed by atoms with E-state index in [9.17, 15) is 9.59 Å². The lowest BCUT2D eigenvalue weighted by Gasteiger charge is -2.37. The van der Waals surface area contributed by atoms with E-state index in [2.05, 4.69) is 30.6 Å². The zero-order chi connectivity index (χ0) is 23.8. The first-order valence-corrected chi connectivity index (χ1v) is 12.8. The van der Waals surface area contributed by atoms with Crippen LogP contribution in [0.2, 0.25) is 0 Å². The van der Waals surface area contributed by atoms with Crippen LogP contribution in [-0.4, -0.2) is 54.5 Å². The van der Waals surface area contributed by atoms with Gasteiger partial charge in [0.1, 0.15) is 18.9 Å². The number of urea groups is 1. The van der Waals surface area contributed by atoms with Gasteiger partial charge in [0, 0.05) is 24.5 Å². The van der Waals surface area contributed by atoms with Crippen molar-refractivity contribution in [2.75, 3.05) is 32.8 Å². The molecule has 3 rings (SSSR count). The molecule has 0 radical (unpaired) electrons. The maximum Gasteiger partial charge on any atom is 0.317 e. The molecule has 0 spiro atoms. The van der Waals surface area contributed by atoms with Gasteiger partial charge in [-0.2, -0.15) is 0 Å². The lowest BCUT2D eigenvalue weighted by Crippen LogP contribution is -2.50. The molecule has 2 aromatic rings. The topological polar surface area (TPSA) is 61.9 Å². The molecule has 1 aromatic carbocycles. The van der Waals surface area contributed by atoms with Crippen LogP contribution in [0.5, 0.6) is 5.75 Å². The standard InChI is InChI=1S/C26H37N3O3S/c1-5-13-27-26(31)28(14-10-19(2)3)17-25(30)29-15-11-24-22(12-16-33-24)23(29)18-32-21-8-6-20(4)7-9-21/h6-9,12,16,19,23H,5,10-11,13-15,17-18H2,1-4H3,(H,27,31)/t23-/m0/s1. The Kier molecular flexibility index (Phi) is 9.18. The number of carbonyl (C=O) groups is 2. The van der Waals surface area contributed by atoms with Gasteiger partial charge < -0.3 is 19.9 Å². The van der Waals surface area contributed by atoms with Gasteiger partial charge in [-0.3, -0.25) is 4.79 Å². The number of thiophene rings is 1. The van der Waals surface area contributed by atoms with E-state index in [1.54, 1.807) is 16.2 Å². The third kappa shape index (κ3) is 6.97. The van der Waals surface area contributed by atoms with E-state index >= 15 is 0 Å². The molecule has 1 aliphatic rings. The fraction of sp³-hybridized carbons (Fsp3) is 0.538. The molecule has 180 valence electrons. The molecule has 0 fully saturated rings. The SMILES string of the molecule is CCCNC(=O)N(CCC(C)C)CC(=O)N1CCc2sccc2[C@@H]1COc1ccc(C)cc1. The maximum absolute atomic E-state index is 13.5. The lowest BCUT2D eigenvalue weighted by molar-refractivity contribution is -0.135. The summed E-state index contributed by atoms with van der Waals surface area (Å²) in [5.41, 5.74) is 2.34. The Balaban J connectivity index is 1.73. The first kappa shape index (κ1) is 25.1. The average Bonchev–Trinajstić information content (AvgIpc) is 3.28. The van der Waals surface area contributed by atoms with E-state index < -0.39 is 0 Å². The number of ether oxygens (including phenoxy) is 1. The number of hydrogen-bond acceptors (Lipinski definition) is 4. The summed E-state index contributed by atoms with van der Waals surface area (Å²) in [6, 6.07) is 9.77. The fourth-order valence-electron chi connectivity index (χ4n) is 3.95. The van der Waals surface area contributed by atoms with E-state index in [0.29, 0.717) is 32.2 Å². The molecule has 0 bridgehead atoms. The van der Waals surface area contributed by atoms with Gasteiger partial charge in [-0.15, -0.1) is 11.3 Å². The number of aryl methyl sites for hydroxylation is 1. The number of benzene rings is 1. The monoisotopic (exact) mass is 471 g/mol. The van der Waals surface area contributed by atoms with Crippen LogP contribution in [-0.2, 0) is 11.2 Å². The first-order chi connectivity index (χ1) is 15.9. The number of fused-ring (bicyclic) bond motifs is 1. The predicted molar refractivity (Wildman–Crippen MR) is 134 cm³/mol. The van der Waals surface area contributed by atoms with Crippen molar-refractivity contribution in [3.63, 3.8) is 0 Å². The van der Waals surface area contributed by atoms with Crippen LogP contribution in [0.1, 0.15) is 55.7 Å². The molecule has 0 unspecified atom stereocenters. The number of nitrogens with one attached hydrogen (secondary N) is 1. The number of carbonyl (C=O) groups excluding carboxylic acids is 2. The largest absolute Gasteiger partial charge is 0.491 e. The Bertz CT molecular complexity index is 910. The zero-order valence-electron chi connectivity index (χ0n) is 20.3. The van der Waals surface area contributed by atoms with Crippen molar-refractivity contribution in [1.82, 2.24) is 15.1 Å². The van der Waals surface area contributed by atoms with Gasteiger partial charge >= 0.3 is 6.03 Å². The molecule has 3 amide bonds. The summed E-state index contributed by atoms with van der Waals surface area (Å²) in [5.74, 6) is 1.23. The van der Waals surface area contributed by atoms with E-state index in [0.717, 1.165) is 30.6 Å². The molecule has 1 aliphatic heterocycles. The third-order valence-electron chi connectivity index (χ3n) is 5.96. The van der Waals surface area contributed by atoms with Crippen LogP contribution in [0.25, 0.3) is 0 Å². The summed E-state index contributed by atoms with van der Waals surface area (Å²) >= 11 is 1.74. The summed E-state index contributed by atoms with van der Waals surface area (Å²) in [7, 11) is 0. The Morgan fingerprint density at radius 1 is 1.24 bits per heavy atom. The van der Waals surface area contributed by atoms with Gasteiger partial charge in [0.25, 0.3) is 0 Å². The lowest BCUT2D eigenvalue weighted by atomic mass is 10.0. The van der Waals surface area contributed by atoms with E-state index in [1.165, 1.54) is 10.4 Å². The molecule has 0 aliphatic carbocycles. The molecule has 2 heterocycles. The summed E-state index contributed by atoms with van der Waals surface area (Å²) in [5, 5.41) is 5.02. The van der Waals surface area contributed by atoms with Crippen LogP contribution in [0.15, 0.2) is 35.7 Å². The van der Waals surface area contributed by atoms with Crippen molar-refractivity contribution in [3.05, 3.63) is 51.7 Å². The smallest absolute Gasteiger partial charge is 0.317 e. The van der Waals surface area contributed by atoms with Crippen molar-refractivity contribution in [2.45, 2.75) is 53.0 Å². The Morgan fingerprint density at radius 3 is 2.70 bits per heavy atom. The second-order valence-corrected chi connectivity index (χ2v) is 10.1. The molecule has 1 aromatic heterocycles. The van der Waals surface area contributed by atoms with Crippen LogP contribution in [0, 0.1) is 12.8 Å². The van der Waals surface area contributed by atoms with Crippen LogP contribution >= 0.6 is 11.3 Å². The number of nitrogens with zero attached hydrogens (tertiary/aromatic N) is 2. The second-order valence-electron chi connectivity index (χ2n) is 9.11. The molecule has 6 nitrogen and oxygen atoms in total. The van der Waals surface area contributed by atoms with E-state index in [4.69, 9.17) is 4.74 Å². The molecule has 0 saturated heterocycles. The Morgan fingerprint density at radius 2 is 2.00 bits per heavy atom. The van der Waals surface area contributed by atoms with Crippen LogP contribution in [0.4, 0.5) is 4.79 Å². The average molecular weight is 472 g/mol. The van der Waals surface area contributed by atoms with Gasteiger partial charge in [0.05, 0.1) is 6.04 Å². The van der Waals surface area contributed by atoms with E-state index in [-0.39, 0.29) is 24.5 Å². The highest BCUT2D eigenvalue weighted by Gasteiger charge is 2.33. The van der Waals surface area contributed by atoms with Crippen molar-refractivity contribution in [1.29, 1.82) is 0 Å². The third-order valence-corrected chi connectivity index (χ3v) is 6.96. The molecule has 33 heavy (non-hydrogen) atoms. The van der Waals surface area contributed by atoms with Crippen LogP contribution < -0.4 is 10.1 Å². The molecule has 7 heteroatoms. The number of rotatable bonds is 10. The molecule has 0 saturated carbocycles. The number of hydrogen-bond donors (Lipinski definition) is 1. The second kappa shape index (κ2) is 12.1. The predicted octanol–water partition coefficient (Wildman–Crippen LogP) is 5.03. The summed E-state index contributed by atoms with van der Waals surface area (Å²) in [6.45, 7) is 10.6. The van der Waals surface area contributed by atoms with Crippen LogP contribution in [0.3, 0.4) is 0 Å². The minimum Gasteiger partial charge on any atom is -0.491 e. The fourth-order valence-corrected chi connectivity index (χ4v) is 4.88. The summed E-state index contributed by atoms with van der Waals surface area (Å²) in [6.07, 6.45) is 2.57. The minimum atomic E-state index is -0.161. The maximum atomic E-state index is 13.5. The highest BCUT2D eigenvalue weighted by Crippen LogP contribution is 2.34. The van der Waals surface area contributed by atoms with Gasteiger partial charge in [-0.25, -0.2) is 4.79 Å². The highest BCUT2D eigenvalue weighted by atomic mass is 32.1. The molecule has 1 atom stereocenters. The first-order valence-electron chi connectivity index (χ1n) is 12.0. The summed E-state index contributed by atoms with van der Waals surface area (Å²) in [4.78, 5) is 31.1. The molecular weight excluding hydrogens is 434 g/mol. The van der Waals surface area contributed by atoms with Crippen molar-refractivity contribution in [2.24, 2.45) is 5.92 Å². The quantitative estimate of drug-likeness (QED) is 0.529.